The van der Waals surface area contributed by atoms with Crippen LogP contribution < -0.4 is 0 Å². The van der Waals surface area contributed by atoms with Gasteiger partial charge in [0.15, 0.2) is 10.8 Å². The van der Waals surface area contributed by atoms with Gasteiger partial charge >= 0.3 is 6.18 Å². The summed E-state index contributed by atoms with van der Waals surface area (Å²) in [7, 11) is 0. The molecule has 0 aliphatic carbocycles. The first-order chi connectivity index (χ1) is 9.41. The molecule has 20 heavy (non-hydrogen) atoms. The second-order valence-corrected chi connectivity index (χ2v) is 4.26. The van der Waals surface area contributed by atoms with Gasteiger partial charge in [-0.3, -0.25) is 4.40 Å². The summed E-state index contributed by atoms with van der Waals surface area (Å²) in [6, 6.07) is 5.99. The van der Waals surface area contributed by atoms with Crippen LogP contribution in [0.25, 0.3) is 16.7 Å². The summed E-state index contributed by atoms with van der Waals surface area (Å²) in [6.07, 6.45) is -4.69. The number of nitriles is 1. The van der Waals surface area contributed by atoms with Crippen LogP contribution in [0, 0.1) is 11.3 Å². The average molecular weight is 298 g/mol. The molecule has 0 bridgehead atoms. The first kappa shape index (κ1) is 12.6. The molecule has 0 saturated carbocycles. The molecule has 2 aromatic heterocycles. The third-order valence-electron chi connectivity index (χ3n) is 2.67. The second-order valence-electron chi connectivity index (χ2n) is 3.90. The summed E-state index contributed by atoms with van der Waals surface area (Å²) in [5.74, 6) is -1.21. The highest BCUT2D eigenvalue weighted by atomic mass is 35.5. The maximum Gasteiger partial charge on any atom is 0.452 e. The van der Waals surface area contributed by atoms with Crippen LogP contribution in [0.1, 0.15) is 11.4 Å². The quantitative estimate of drug-likeness (QED) is 0.640. The van der Waals surface area contributed by atoms with E-state index < -0.39 is 12.0 Å². The predicted molar refractivity (Wildman–Crippen MR) is 63.0 cm³/mol. The molecule has 3 rings (SSSR count). The Bertz CT molecular complexity index is 878. The highest BCUT2D eigenvalue weighted by Gasteiger charge is 2.38. The molecule has 2 heterocycles. The van der Waals surface area contributed by atoms with E-state index in [-0.39, 0.29) is 27.4 Å². The number of alkyl halides is 3. The van der Waals surface area contributed by atoms with Crippen LogP contribution in [0.2, 0.25) is 5.15 Å². The van der Waals surface area contributed by atoms with Crippen molar-refractivity contribution in [3.05, 3.63) is 34.7 Å². The standard InChI is InChI=1S/C11H3ClF3N5/c12-8-9-18-19-10(11(13,14)15)20(9)7-3-5(4-16)1-2-6(7)17-8/h1-3H. The lowest BCUT2D eigenvalue weighted by Gasteiger charge is -2.07. The molecular formula is C11H3ClF3N5. The molecular weight excluding hydrogens is 295 g/mol. The van der Waals surface area contributed by atoms with Gasteiger partial charge < -0.3 is 0 Å². The highest BCUT2D eigenvalue weighted by molar-refractivity contribution is 6.32. The fourth-order valence-corrected chi connectivity index (χ4v) is 2.07. The molecule has 0 radical (unpaired) electrons. The van der Waals surface area contributed by atoms with Crippen LogP contribution >= 0.6 is 11.6 Å². The lowest BCUT2D eigenvalue weighted by molar-refractivity contribution is -0.145. The summed E-state index contributed by atoms with van der Waals surface area (Å²) >= 11 is 5.81. The SMILES string of the molecule is N#Cc1ccc2nc(Cl)c3nnc(C(F)(F)F)n3c2c1. The van der Waals surface area contributed by atoms with Crippen molar-refractivity contribution >= 4 is 28.3 Å². The van der Waals surface area contributed by atoms with Crippen molar-refractivity contribution in [1.29, 1.82) is 5.26 Å². The average Bonchev–Trinajstić information content (AvgIpc) is 2.84. The molecule has 1 aromatic carbocycles. The summed E-state index contributed by atoms with van der Waals surface area (Å²) in [5, 5.41) is 15.2. The van der Waals surface area contributed by atoms with Gasteiger partial charge in [0.05, 0.1) is 22.7 Å². The van der Waals surface area contributed by atoms with Crippen LogP contribution in [-0.2, 0) is 6.18 Å². The van der Waals surface area contributed by atoms with E-state index in [4.69, 9.17) is 16.9 Å². The van der Waals surface area contributed by atoms with Gasteiger partial charge in [0, 0.05) is 0 Å². The molecule has 0 aliphatic heterocycles. The van der Waals surface area contributed by atoms with E-state index in [2.05, 4.69) is 15.2 Å². The Labute approximate surface area is 114 Å². The van der Waals surface area contributed by atoms with Crippen molar-refractivity contribution in [2.24, 2.45) is 0 Å². The molecule has 0 spiro atoms. The molecule has 9 heteroatoms. The van der Waals surface area contributed by atoms with Crippen molar-refractivity contribution in [2.75, 3.05) is 0 Å². The number of fused-ring (bicyclic) bond motifs is 3. The molecule has 5 nitrogen and oxygen atoms in total. The summed E-state index contributed by atoms with van der Waals surface area (Å²) < 4.78 is 39.6. The molecule has 0 atom stereocenters. The van der Waals surface area contributed by atoms with Crippen LogP contribution in [0.4, 0.5) is 13.2 Å². The summed E-state index contributed by atoms with van der Waals surface area (Å²) in [6.45, 7) is 0. The number of aromatic nitrogens is 4. The van der Waals surface area contributed by atoms with E-state index in [1.807, 2.05) is 6.07 Å². The van der Waals surface area contributed by atoms with Crippen LogP contribution in [0.3, 0.4) is 0 Å². The minimum atomic E-state index is -4.69. The third kappa shape index (κ3) is 1.75. The van der Waals surface area contributed by atoms with E-state index in [0.29, 0.717) is 0 Å². The zero-order chi connectivity index (χ0) is 14.5. The maximum atomic E-state index is 12.9. The Morgan fingerprint density at radius 1 is 1.25 bits per heavy atom. The van der Waals surface area contributed by atoms with Crippen LogP contribution in [0.15, 0.2) is 18.2 Å². The topological polar surface area (TPSA) is 66.9 Å². The third-order valence-corrected chi connectivity index (χ3v) is 2.92. The number of hydrogen-bond acceptors (Lipinski definition) is 4. The van der Waals surface area contributed by atoms with Gasteiger partial charge in [-0.25, -0.2) is 4.98 Å². The molecule has 3 aromatic rings. The first-order valence-electron chi connectivity index (χ1n) is 5.23. The molecule has 0 amide bonds. The van der Waals surface area contributed by atoms with Crippen molar-refractivity contribution in [3.8, 4) is 6.07 Å². The number of halogens is 4. The lowest BCUT2D eigenvalue weighted by atomic mass is 10.2. The first-order valence-corrected chi connectivity index (χ1v) is 5.61. The van der Waals surface area contributed by atoms with Gasteiger partial charge in [-0.2, -0.15) is 18.4 Å². The van der Waals surface area contributed by atoms with Crippen molar-refractivity contribution in [3.63, 3.8) is 0 Å². The molecule has 0 unspecified atom stereocenters. The largest absolute Gasteiger partial charge is 0.452 e. The number of benzene rings is 1. The Hall–Kier alpha value is -2.40. The van der Waals surface area contributed by atoms with E-state index in [1.54, 1.807) is 0 Å². The smallest absolute Gasteiger partial charge is 0.267 e. The van der Waals surface area contributed by atoms with Gasteiger partial charge in [-0.1, -0.05) is 11.6 Å². The zero-order valence-electron chi connectivity index (χ0n) is 9.48. The maximum absolute atomic E-state index is 12.9. The zero-order valence-corrected chi connectivity index (χ0v) is 10.2. The monoisotopic (exact) mass is 297 g/mol. The Morgan fingerprint density at radius 2 is 2.00 bits per heavy atom. The molecule has 0 aliphatic rings. The van der Waals surface area contributed by atoms with E-state index in [1.165, 1.54) is 18.2 Å². The van der Waals surface area contributed by atoms with Gasteiger partial charge in [0.25, 0.3) is 0 Å². The Kier molecular flexibility index (Phi) is 2.55. The predicted octanol–water partition coefficient (Wildman–Crippen LogP) is 2.82. The van der Waals surface area contributed by atoms with E-state index >= 15 is 0 Å². The molecule has 0 N–H and O–H groups in total. The van der Waals surface area contributed by atoms with Gasteiger partial charge in [-0.15, -0.1) is 10.2 Å². The van der Waals surface area contributed by atoms with Gasteiger partial charge in [-0.05, 0) is 18.2 Å². The van der Waals surface area contributed by atoms with Crippen molar-refractivity contribution in [2.45, 2.75) is 6.18 Å². The van der Waals surface area contributed by atoms with Gasteiger partial charge in [0.2, 0.25) is 5.82 Å². The Morgan fingerprint density at radius 3 is 2.65 bits per heavy atom. The normalized spacial score (nSPS) is 11.9. The molecule has 100 valence electrons. The number of hydrogen-bond donors (Lipinski definition) is 0. The van der Waals surface area contributed by atoms with Crippen molar-refractivity contribution in [1.82, 2.24) is 19.6 Å². The van der Waals surface area contributed by atoms with Crippen LogP contribution in [0.5, 0.6) is 0 Å². The Balaban J connectivity index is 2.55. The van der Waals surface area contributed by atoms with E-state index in [9.17, 15) is 13.2 Å². The fourth-order valence-electron chi connectivity index (χ4n) is 1.85. The summed E-state index contributed by atoms with van der Waals surface area (Å²) in [4.78, 5) is 3.94. The van der Waals surface area contributed by atoms with Crippen LogP contribution in [-0.4, -0.2) is 19.6 Å². The molecule has 0 fully saturated rings. The lowest BCUT2D eigenvalue weighted by Crippen LogP contribution is -2.11. The van der Waals surface area contributed by atoms with E-state index in [0.717, 1.165) is 4.40 Å². The minimum Gasteiger partial charge on any atom is -0.267 e. The van der Waals surface area contributed by atoms with Gasteiger partial charge in [0.1, 0.15) is 0 Å². The second kappa shape index (κ2) is 4.05. The summed E-state index contributed by atoms with van der Waals surface area (Å²) in [5.41, 5.74) is 0.277. The molecule has 0 saturated heterocycles. The fraction of sp³-hybridized carbons (Fsp3) is 0.0909. The minimum absolute atomic E-state index is 0.0702. The number of rotatable bonds is 0. The van der Waals surface area contributed by atoms with Crippen molar-refractivity contribution < 1.29 is 13.2 Å². The number of nitrogens with zero attached hydrogens (tertiary/aromatic N) is 5. The highest BCUT2D eigenvalue weighted by Crippen LogP contribution is 2.31.